The summed E-state index contributed by atoms with van der Waals surface area (Å²) in [7, 11) is 0. The minimum atomic E-state index is -0.340. The highest BCUT2D eigenvalue weighted by Gasteiger charge is 2.21. The van der Waals surface area contributed by atoms with Crippen LogP contribution >= 0.6 is 11.3 Å². The lowest BCUT2D eigenvalue weighted by Crippen LogP contribution is -2.14. The van der Waals surface area contributed by atoms with Gasteiger partial charge in [-0.3, -0.25) is 4.79 Å². The van der Waals surface area contributed by atoms with Gasteiger partial charge in [0.25, 0.3) is 0 Å². The van der Waals surface area contributed by atoms with Crippen molar-refractivity contribution in [2.45, 2.75) is 34.1 Å². The van der Waals surface area contributed by atoms with Crippen LogP contribution in [-0.4, -0.2) is 28.5 Å². The number of nitrogens with one attached hydrogen (secondary N) is 2. The highest BCUT2D eigenvalue weighted by molar-refractivity contribution is 7.10. The third-order valence-electron chi connectivity index (χ3n) is 4.37. The number of carbonyl (C=O) groups excluding carboxylic acids is 2. The van der Waals surface area contributed by atoms with Crippen LogP contribution in [0.1, 0.15) is 39.1 Å². The smallest absolute Gasteiger partial charge is 0.340 e. The first kappa shape index (κ1) is 19.8. The molecule has 6 nitrogen and oxygen atoms in total. The number of aryl methyl sites for hydroxylation is 2. The Labute approximate surface area is 168 Å². The summed E-state index contributed by atoms with van der Waals surface area (Å²) < 4.78 is 5.13. The van der Waals surface area contributed by atoms with E-state index in [0.29, 0.717) is 17.2 Å². The van der Waals surface area contributed by atoms with Crippen molar-refractivity contribution in [3.8, 4) is 11.4 Å². The Balaban J connectivity index is 1.73. The normalized spacial score (nSPS) is 10.7. The number of amides is 1. The first-order valence-electron chi connectivity index (χ1n) is 9.06. The zero-order chi connectivity index (χ0) is 20.3. The molecular weight excluding hydrogens is 374 g/mol. The highest BCUT2D eigenvalue weighted by Crippen LogP contribution is 2.29. The molecule has 3 rings (SSSR count). The lowest BCUT2D eigenvalue weighted by atomic mass is 10.1. The maximum atomic E-state index is 12.3. The molecule has 0 aliphatic carbocycles. The average Bonchev–Trinajstić information content (AvgIpc) is 3.21. The Hall–Kier alpha value is -2.93. The molecule has 0 aliphatic rings. The van der Waals surface area contributed by atoms with Crippen molar-refractivity contribution in [2.75, 3.05) is 11.9 Å². The van der Waals surface area contributed by atoms with Crippen LogP contribution in [0.25, 0.3) is 11.4 Å². The summed E-state index contributed by atoms with van der Waals surface area (Å²) in [5, 5.41) is 5.48. The van der Waals surface area contributed by atoms with E-state index in [2.05, 4.69) is 15.3 Å². The second-order valence-electron chi connectivity index (χ2n) is 6.56. The van der Waals surface area contributed by atoms with E-state index in [1.165, 1.54) is 11.3 Å². The van der Waals surface area contributed by atoms with Crippen molar-refractivity contribution in [1.29, 1.82) is 0 Å². The fourth-order valence-electron chi connectivity index (χ4n) is 3.00. The molecule has 7 heteroatoms. The summed E-state index contributed by atoms with van der Waals surface area (Å²) in [6.45, 7) is 7.82. The van der Waals surface area contributed by atoms with Gasteiger partial charge in [-0.25, -0.2) is 9.78 Å². The van der Waals surface area contributed by atoms with Crippen molar-refractivity contribution in [2.24, 2.45) is 0 Å². The molecule has 2 aromatic heterocycles. The topological polar surface area (TPSA) is 84.1 Å². The van der Waals surface area contributed by atoms with Crippen molar-refractivity contribution in [3.63, 3.8) is 0 Å². The number of rotatable bonds is 6. The van der Waals surface area contributed by atoms with Gasteiger partial charge in [0.1, 0.15) is 5.01 Å². The molecule has 3 aromatic rings. The molecule has 0 atom stereocenters. The summed E-state index contributed by atoms with van der Waals surface area (Å²) in [5.41, 5.74) is 5.50. The lowest BCUT2D eigenvalue weighted by molar-refractivity contribution is -0.115. The van der Waals surface area contributed by atoms with Gasteiger partial charge in [0.15, 0.2) is 0 Å². The number of anilines is 1. The van der Waals surface area contributed by atoms with E-state index in [1.807, 2.05) is 50.4 Å². The predicted octanol–water partition coefficient (Wildman–Crippen LogP) is 4.42. The van der Waals surface area contributed by atoms with Gasteiger partial charge in [0.2, 0.25) is 5.91 Å². The summed E-state index contributed by atoms with van der Waals surface area (Å²) in [6, 6.07) is 7.66. The predicted molar refractivity (Wildman–Crippen MR) is 111 cm³/mol. The van der Waals surface area contributed by atoms with Crippen LogP contribution < -0.4 is 5.32 Å². The van der Waals surface area contributed by atoms with Gasteiger partial charge in [-0.15, -0.1) is 11.3 Å². The van der Waals surface area contributed by atoms with Gasteiger partial charge in [0, 0.05) is 16.8 Å². The molecule has 2 heterocycles. The molecule has 0 radical (unpaired) electrons. The van der Waals surface area contributed by atoms with Gasteiger partial charge < -0.3 is 15.0 Å². The van der Waals surface area contributed by atoms with Crippen LogP contribution in [0.3, 0.4) is 0 Å². The highest BCUT2D eigenvalue weighted by atomic mass is 32.1. The van der Waals surface area contributed by atoms with E-state index in [-0.39, 0.29) is 18.3 Å². The van der Waals surface area contributed by atoms with Crippen LogP contribution in [0.2, 0.25) is 0 Å². The third kappa shape index (κ3) is 4.31. The number of aromatic nitrogens is 2. The lowest BCUT2D eigenvalue weighted by Gasteiger charge is -2.04. The first-order valence-corrected chi connectivity index (χ1v) is 9.94. The van der Waals surface area contributed by atoms with Gasteiger partial charge in [-0.1, -0.05) is 17.7 Å². The van der Waals surface area contributed by atoms with Crippen LogP contribution in [0.15, 0.2) is 29.6 Å². The number of hydrogen-bond acceptors (Lipinski definition) is 5. The minimum absolute atomic E-state index is 0.114. The Morgan fingerprint density at radius 1 is 1.18 bits per heavy atom. The third-order valence-corrected chi connectivity index (χ3v) is 5.22. The van der Waals surface area contributed by atoms with E-state index < -0.39 is 0 Å². The summed E-state index contributed by atoms with van der Waals surface area (Å²) in [6.07, 6.45) is 0.196. The quantitative estimate of drug-likeness (QED) is 0.603. The maximum Gasteiger partial charge on any atom is 0.340 e. The van der Waals surface area contributed by atoms with Crippen molar-refractivity contribution >= 4 is 28.9 Å². The van der Waals surface area contributed by atoms with Gasteiger partial charge in [-0.05, 0) is 45.4 Å². The number of nitrogens with zero attached hydrogens (tertiary/aromatic N) is 1. The van der Waals surface area contributed by atoms with E-state index in [1.54, 1.807) is 6.92 Å². The van der Waals surface area contributed by atoms with Crippen LogP contribution in [0.4, 0.5) is 5.69 Å². The van der Waals surface area contributed by atoms with E-state index in [4.69, 9.17) is 4.74 Å². The number of carbonyl (C=O) groups is 2. The molecule has 146 valence electrons. The molecule has 0 aliphatic heterocycles. The Kier molecular flexibility index (Phi) is 5.94. The van der Waals surface area contributed by atoms with Crippen LogP contribution in [0, 0.1) is 20.8 Å². The van der Waals surface area contributed by atoms with E-state index in [9.17, 15) is 9.59 Å². The Bertz CT molecular complexity index is 1000. The van der Waals surface area contributed by atoms with Crippen molar-refractivity contribution < 1.29 is 14.3 Å². The molecule has 1 aromatic carbocycles. The number of thiazole rings is 1. The fraction of sp³-hybridized carbons (Fsp3) is 0.286. The van der Waals surface area contributed by atoms with E-state index in [0.717, 1.165) is 33.9 Å². The molecule has 0 saturated carbocycles. The van der Waals surface area contributed by atoms with Crippen LogP contribution in [0.5, 0.6) is 0 Å². The number of ether oxygens (including phenoxy) is 1. The van der Waals surface area contributed by atoms with Crippen molar-refractivity contribution in [3.05, 3.63) is 57.0 Å². The second kappa shape index (κ2) is 8.39. The molecule has 1 amide bonds. The second-order valence-corrected chi connectivity index (χ2v) is 7.51. The zero-order valence-corrected chi connectivity index (χ0v) is 17.2. The molecule has 0 fully saturated rings. The number of esters is 1. The number of hydrogen-bond donors (Lipinski definition) is 2. The molecule has 2 N–H and O–H groups in total. The molecule has 0 unspecified atom stereocenters. The molecule has 0 bridgehead atoms. The standard InChI is InChI=1S/C21H23N3O3S/c1-5-27-21(26)19-13(3)20(22-14(19)4)16-11-28-18(24-16)10-17(25)23-15-8-6-12(2)7-9-15/h6-9,11,22H,5,10H2,1-4H3,(H,23,25). The first-order chi connectivity index (χ1) is 13.4. The Morgan fingerprint density at radius 3 is 2.57 bits per heavy atom. The van der Waals surface area contributed by atoms with Crippen LogP contribution in [-0.2, 0) is 16.0 Å². The van der Waals surface area contributed by atoms with E-state index >= 15 is 0 Å². The zero-order valence-electron chi connectivity index (χ0n) is 16.4. The maximum absolute atomic E-state index is 12.3. The van der Waals surface area contributed by atoms with Gasteiger partial charge >= 0.3 is 5.97 Å². The molecule has 0 spiro atoms. The number of H-pyrrole nitrogens is 1. The summed E-state index contributed by atoms with van der Waals surface area (Å²) >= 11 is 1.42. The fourth-order valence-corrected chi connectivity index (χ4v) is 3.79. The Morgan fingerprint density at radius 2 is 1.89 bits per heavy atom. The monoisotopic (exact) mass is 397 g/mol. The summed E-state index contributed by atoms with van der Waals surface area (Å²) in [4.78, 5) is 32.2. The minimum Gasteiger partial charge on any atom is -0.462 e. The molecule has 28 heavy (non-hydrogen) atoms. The molecule has 0 saturated heterocycles. The number of benzene rings is 1. The summed E-state index contributed by atoms with van der Waals surface area (Å²) in [5.74, 6) is -0.454. The SMILES string of the molecule is CCOC(=O)c1c(C)[nH]c(-c2csc(CC(=O)Nc3ccc(C)cc3)n2)c1C. The molecular formula is C21H23N3O3S. The number of aromatic amines is 1. The van der Waals surface area contributed by atoms with Crippen molar-refractivity contribution in [1.82, 2.24) is 9.97 Å². The van der Waals surface area contributed by atoms with Gasteiger partial charge in [-0.2, -0.15) is 0 Å². The largest absolute Gasteiger partial charge is 0.462 e. The average molecular weight is 398 g/mol. The van der Waals surface area contributed by atoms with Gasteiger partial charge in [0.05, 0.1) is 30.0 Å².